The molecule has 0 unspecified atom stereocenters. The lowest BCUT2D eigenvalue weighted by molar-refractivity contribution is -0.107. The van der Waals surface area contributed by atoms with Crippen molar-refractivity contribution in [3.63, 3.8) is 0 Å². The smallest absolute Gasteiger partial charge is 0.137 e. The Balaban J connectivity index is 0.00000220. The van der Waals surface area contributed by atoms with Gasteiger partial charge in [-0.05, 0) is 42.9 Å². The van der Waals surface area contributed by atoms with Crippen molar-refractivity contribution in [1.82, 2.24) is 5.32 Å². The zero-order chi connectivity index (χ0) is 14.4. The molecule has 2 rings (SSSR count). The Bertz CT molecular complexity index is 587. The van der Waals surface area contributed by atoms with E-state index in [4.69, 9.17) is 16.3 Å². The van der Waals surface area contributed by atoms with Crippen LogP contribution in [-0.4, -0.2) is 26.5 Å². The number of hydrogen-bond donors (Lipinski definition) is 1. The standard InChI is InChI=1S/C15H16ClNO2S.ClH/c1-17-7-9-19-14-4-2-11(10-13(14)16)15-5-3-12(20-15)6-8-18;/h2-5,8,10,17H,6-7,9H2,1H3;1H. The fourth-order valence-electron chi connectivity index (χ4n) is 1.76. The second kappa shape index (κ2) is 9.05. The Morgan fingerprint density at radius 1 is 1.33 bits per heavy atom. The number of hydrogen-bond acceptors (Lipinski definition) is 4. The normalized spacial score (nSPS) is 10.0. The van der Waals surface area contributed by atoms with Crippen LogP contribution in [0.1, 0.15) is 4.88 Å². The molecule has 1 heterocycles. The molecule has 114 valence electrons. The summed E-state index contributed by atoms with van der Waals surface area (Å²) in [6.45, 7) is 1.36. The van der Waals surface area contributed by atoms with E-state index in [9.17, 15) is 4.79 Å². The molecule has 0 atom stereocenters. The molecule has 3 nitrogen and oxygen atoms in total. The Labute approximate surface area is 139 Å². The SMILES string of the molecule is CNCCOc1ccc(-c2ccc(CC=O)s2)cc1Cl.Cl. The number of thiophene rings is 1. The molecular weight excluding hydrogens is 329 g/mol. The minimum Gasteiger partial charge on any atom is -0.491 e. The zero-order valence-corrected chi connectivity index (χ0v) is 14.0. The quantitative estimate of drug-likeness (QED) is 0.612. The number of rotatable bonds is 7. The van der Waals surface area contributed by atoms with Crippen molar-refractivity contribution in [2.75, 3.05) is 20.2 Å². The molecule has 0 saturated heterocycles. The minimum absolute atomic E-state index is 0. The van der Waals surface area contributed by atoms with Gasteiger partial charge in [0.2, 0.25) is 0 Å². The summed E-state index contributed by atoms with van der Waals surface area (Å²) in [4.78, 5) is 12.7. The second-order valence-corrected chi connectivity index (χ2v) is 5.81. The van der Waals surface area contributed by atoms with Crippen LogP contribution < -0.4 is 10.1 Å². The minimum atomic E-state index is 0. The van der Waals surface area contributed by atoms with Crippen molar-refractivity contribution >= 4 is 41.6 Å². The lowest BCUT2D eigenvalue weighted by atomic mass is 10.2. The Morgan fingerprint density at radius 2 is 2.14 bits per heavy atom. The van der Waals surface area contributed by atoms with Gasteiger partial charge in [0.05, 0.1) is 5.02 Å². The summed E-state index contributed by atoms with van der Waals surface area (Å²) in [5.74, 6) is 0.690. The number of nitrogens with one attached hydrogen (secondary N) is 1. The van der Waals surface area contributed by atoms with Crippen LogP contribution >= 0.6 is 35.3 Å². The third-order valence-corrected chi connectivity index (χ3v) is 4.22. The van der Waals surface area contributed by atoms with E-state index in [0.29, 0.717) is 23.8 Å². The van der Waals surface area contributed by atoms with Gasteiger partial charge in [0.15, 0.2) is 0 Å². The van der Waals surface area contributed by atoms with Gasteiger partial charge in [-0.1, -0.05) is 11.6 Å². The number of carbonyl (C=O) groups is 1. The third-order valence-electron chi connectivity index (χ3n) is 2.77. The van der Waals surface area contributed by atoms with Gasteiger partial charge in [0.25, 0.3) is 0 Å². The first-order valence-corrected chi connectivity index (χ1v) is 7.53. The Morgan fingerprint density at radius 3 is 2.81 bits per heavy atom. The molecule has 0 aliphatic heterocycles. The molecule has 0 aliphatic rings. The van der Waals surface area contributed by atoms with E-state index in [1.165, 1.54) is 0 Å². The highest BCUT2D eigenvalue weighted by Gasteiger charge is 2.07. The fourth-order valence-corrected chi connectivity index (χ4v) is 2.95. The van der Waals surface area contributed by atoms with Gasteiger partial charge in [0.1, 0.15) is 18.6 Å². The van der Waals surface area contributed by atoms with Crippen molar-refractivity contribution in [2.45, 2.75) is 6.42 Å². The Kier molecular flexibility index (Phi) is 7.75. The summed E-state index contributed by atoms with van der Waals surface area (Å²) in [7, 11) is 1.88. The number of ether oxygens (including phenoxy) is 1. The fraction of sp³-hybridized carbons (Fsp3) is 0.267. The average Bonchev–Trinajstić information content (AvgIpc) is 2.90. The maximum atomic E-state index is 10.5. The van der Waals surface area contributed by atoms with Crippen molar-refractivity contribution in [2.24, 2.45) is 0 Å². The number of carbonyl (C=O) groups excluding carboxylic acids is 1. The molecule has 1 aromatic heterocycles. The molecule has 21 heavy (non-hydrogen) atoms. The van der Waals surface area contributed by atoms with E-state index >= 15 is 0 Å². The maximum Gasteiger partial charge on any atom is 0.137 e. The summed E-state index contributed by atoms with van der Waals surface area (Å²) >= 11 is 7.84. The monoisotopic (exact) mass is 345 g/mol. The van der Waals surface area contributed by atoms with Crippen LogP contribution in [-0.2, 0) is 11.2 Å². The first-order chi connectivity index (χ1) is 9.74. The molecule has 1 aromatic carbocycles. The predicted molar refractivity (Wildman–Crippen MR) is 91.2 cm³/mol. The highest BCUT2D eigenvalue weighted by molar-refractivity contribution is 7.15. The number of benzene rings is 1. The van der Waals surface area contributed by atoms with Crippen LogP contribution in [0.5, 0.6) is 5.75 Å². The highest BCUT2D eigenvalue weighted by atomic mass is 35.5. The predicted octanol–water partition coefficient (Wildman–Crippen LogP) is 3.83. The molecule has 0 aliphatic carbocycles. The first-order valence-electron chi connectivity index (χ1n) is 6.34. The van der Waals surface area contributed by atoms with Crippen LogP contribution in [0.25, 0.3) is 10.4 Å². The van der Waals surface area contributed by atoms with Crippen molar-refractivity contribution < 1.29 is 9.53 Å². The summed E-state index contributed by atoms with van der Waals surface area (Å²) in [5.41, 5.74) is 1.04. The molecular formula is C15H17Cl2NO2S. The molecule has 0 fully saturated rings. The van der Waals surface area contributed by atoms with Crippen molar-refractivity contribution in [3.8, 4) is 16.2 Å². The van der Waals surface area contributed by atoms with Gasteiger partial charge in [-0.25, -0.2) is 0 Å². The van der Waals surface area contributed by atoms with E-state index in [2.05, 4.69) is 5.32 Å². The van der Waals surface area contributed by atoms with E-state index in [-0.39, 0.29) is 12.4 Å². The summed E-state index contributed by atoms with van der Waals surface area (Å²) in [5, 5.41) is 3.62. The highest BCUT2D eigenvalue weighted by Crippen LogP contribution is 2.33. The number of aldehydes is 1. The van der Waals surface area contributed by atoms with Crippen LogP contribution in [0, 0.1) is 0 Å². The van der Waals surface area contributed by atoms with Gasteiger partial charge in [-0.2, -0.15) is 0 Å². The lowest BCUT2D eigenvalue weighted by Crippen LogP contribution is -2.16. The van der Waals surface area contributed by atoms with E-state index in [1.54, 1.807) is 11.3 Å². The van der Waals surface area contributed by atoms with Gasteiger partial charge in [0, 0.05) is 22.7 Å². The third kappa shape index (κ3) is 5.00. The molecule has 1 N–H and O–H groups in total. The van der Waals surface area contributed by atoms with E-state index in [0.717, 1.165) is 28.1 Å². The number of likely N-dealkylation sites (N-methyl/N-ethyl adjacent to an activating group) is 1. The van der Waals surface area contributed by atoms with Gasteiger partial charge in [-0.3, -0.25) is 0 Å². The van der Waals surface area contributed by atoms with Gasteiger partial charge >= 0.3 is 0 Å². The second-order valence-electron chi connectivity index (χ2n) is 4.23. The summed E-state index contributed by atoms with van der Waals surface area (Å²) in [6.07, 6.45) is 1.38. The van der Waals surface area contributed by atoms with Crippen LogP contribution in [0.4, 0.5) is 0 Å². The molecule has 0 amide bonds. The molecule has 0 saturated carbocycles. The topological polar surface area (TPSA) is 38.3 Å². The van der Waals surface area contributed by atoms with Gasteiger partial charge in [-0.15, -0.1) is 23.7 Å². The van der Waals surface area contributed by atoms with Crippen molar-refractivity contribution in [3.05, 3.63) is 40.2 Å². The van der Waals surface area contributed by atoms with Crippen LogP contribution in [0.15, 0.2) is 30.3 Å². The average molecular weight is 346 g/mol. The molecule has 0 spiro atoms. The first kappa shape index (κ1) is 18.0. The zero-order valence-electron chi connectivity index (χ0n) is 11.6. The van der Waals surface area contributed by atoms with E-state index < -0.39 is 0 Å². The van der Waals surface area contributed by atoms with Crippen LogP contribution in [0.3, 0.4) is 0 Å². The van der Waals surface area contributed by atoms with Crippen molar-refractivity contribution in [1.29, 1.82) is 0 Å². The Hall–Kier alpha value is -1.07. The van der Waals surface area contributed by atoms with Crippen LogP contribution in [0.2, 0.25) is 5.02 Å². The molecule has 6 heteroatoms. The number of halogens is 2. The maximum absolute atomic E-state index is 10.5. The van der Waals surface area contributed by atoms with E-state index in [1.807, 2.05) is 37.4 Å². The molecule has 0 bridgehead atoms. The molecule has 2 aromatic rings. The summed E-state index contributed by atoms with van der Waals surface area (Å²) < 4.78 is 5.57. The molecule has 0 radical (unpaired) electrons. The largest absolute Gasteiger partial charge is 0.491 e. The summed E-state index contributed by atoms with van der Waals surface area (Å²) in [6, 6.07) is 9.74. The lowest BCUT2D eigenvalue weighted by Gasteiger charge is -2.08. The van der Waals surface area contributed by atoms with Gasteiger partial charge < -0.3 is 14.8 Å².